The summed E-state index contributed by atoms with van der Waals surface area (Å²) in [6, 6.07) is 4.17. The summed E-state index contributed by atoms with van der Waals surface area (Å²) in [6.07, 6.45) is 7.28. The van der Waals surface area contributed by atoms with Crippen molar-refractivity contribution in [3.8, 4) is 11.5 Å². The van der Waals surface area contributed by atoms with Gasteiger partial charge in [-0.05, 0) is 43.4 Å². The lowest BCUT2D eigenvalue weighted by molar-refractivity contribution is 0.273. The van der Waals surface area contributed by atoms with Gasteiger partial charge < -0.3 is 10.3 Å². The van der Waals surface area contributed by atoms with Crippen molar-refractivity contribution in [1.82, 2.24) is 15.1 Å². The highest BCUT2D eigenvalue weighted by molar-refractivity contribution is 5.48. The average Bonchev–Trinajstić information content (AvgIpc) is 2.90. The fraction of sp³-hybridized carbons (Fsp3) is 0.533. The molecule has 0 radical (unpaired) electrons. The summed E-state index contributed by atoms with van der Waals surface area (Å²) in [5.41, 5.74) is 8.05. The fourth-order valence-electron chi connectivity index (χ4n) is 2.81. The van der Waals surface area contributed by atoms with Crippen LogP contribution in [0.25, 0.3) is 11.5 Å². The van der Waals surface area contributed by atoms with E-state index in [4.69, 9.17) is 10.3 Å². The molecular formula is C15H20N4O. The molecule has 3 rings (SSSR count). The van der Waals surface area contributed by atoms with Gasteiger partial charge in [-0.15, -0.1) is 0 Å². The average molecular weight is 272 g/mol. The van der Waals surface area contributed by atoms with Crippen LogP contribution in [-0.4, -0.2) is 21.2 Å². The first kappa shape index (κ1) is 13.2. The van der Waals surface area contributed by atoms with Crippen LogP contribution in [-0.2, 0) is 6.42 Å². The van der Waals surface area contributed by atoms with E-state index in [0.717, 1.165) is 30.5 Å². The van der Waals surface area contributed by atoms with Gasteiger partial charge in [0.1, 0.15) is 5.69 Å². The third kappa shape index (κ3) is 2.88. The van der Waals surface area contributed by atoms with E-state index in [9.17, 15) is 0 Å². The van der Waals surface area contributed by atoms with E-state index in [1.807, 2.05) is 19.1 Å². The highest BCUT2D eigenvalue weighted by Gasteiger charge is 2.24. The summed E-state index contributed by atoms with van der Waals surface area (Å²) in [4.78, 5) is 8.73. The number of aromatic nitrogens is 3. The van der Waals surface area contributed by atoms with Gasteiger partial charge in [-0.1, -0.05) is 18.0 Å². The topological polar surface area (TPSA) is 77.8 Å². The molecule has 1 aliphatic carbocycles. The van der Waals surface area contributed by atoms with E-state index in [0.29, 0.717) is 17.6 Å². The molecule has 2 heterocycles. The molecule has 0 aromatic carbocycles. The highest BCUT2D eigenvalue weighted by Crippen LogP contribution is 2.26. The molecule has 5 nitrogen and oxygen atoms in total. The summed E-state index contributed by atoms with van der Waals surface area (Å²) in [7, 11) is 0. The first-order valence-electron chi connectivity index (χ1n) is 7.23. The van der Waals surface area contributed by atoms with Crippen LogP contribution in [0.15, 0.2) is 22.9 Å². The number of aryl methyl sites for hydroxylation is 1. The molecule has 2 unspecified atom stereocenters. The zero-order valence-corrected chi connectivity index (χ0v) is 11.7. The van der Waals surface area contributed by atoms with Crippen molar-refractivity contribution in [2.24, 2.45) is 11.7 Å². The van der Waals surface area contributed by atoms with Crippen LogP contribution in [0.1, 0.15) is 37.1 Å². The third-order valence-corrected chi connectivity index (χ3v) is 4.02. The summed E-state index contributed by atoms with van der Waals surface area (Å²) in [6.45, 7) is 2.02. The molecule has 2 atom stereocenters. The number of pyridine rings is 1. The molecule has 0 bridgehead atoms. The Morgan fingerprint density at radius 1 is 1.35 bits per heavy atom. The quantitative estimate of drug-likeness (QED) is 0.928. The van der Waals surface area contributed by atoms with Crippen LogP contribution in [0.3, 0.4) is 0 Å². The van der Waals surface area contributed by atoms with Crippen LogP contribution >= 0.6 is 0 Å². The third-order valence-electron chi connectivity index (χ3n) is 4.02. The maximum absolute atomic E-state index is 6.16. The molecule has 106 valence electrons. The second kappa shape index (κ2) is 5.71. The molecule has 0 amide bonds. The first-order chi connectivity index (χ1) is 9.72. The second-order valence-corrected chi connectivity index (χ2v) is 5.64. The number of nitrogens with zero attached hydrogens (tertiary/aromatic N) is 3. The van der Waals surface area contributed by atoms with Gasteiger partial charge in [-0.3, -0.25) is 4.98 Å². The van der Waals surface area contributed by atoms with Crippen molar-refractivity contribution in [2.75, 3.05) is 0 Å². The zero-order valence-electron chi connectivity index (χ0n) is 11.7. The van der Waals surface area contributed by atoms with E-state index >= 15 is 0 Å². The summed E-state index contributed by atoms with van der Waals surface area (Å²) in [5.74, 6) is 1.70. The lowest BCUT2D eigenvalue weighted by atomic mass is 9.83. The number of hydrogen-bond donors (Lipinski definition) is 1. The van der Waals surface area contributed by atoms with Crippen LogP contribution in [0.5, 0.6) is 0 Å². The molecule has 1 aliphatic rings. The van der Waals surface area contributed by atoms with Crippen LogP contribution < -0.4 is 5.73 Å². The van der Waals surface area contributed by atoms with E-state index in [-0.39, 0.29) is 6.04 Å². The molecule has 20 heavy (non-hydrogen) atoms. The van der Waals surface area contributed by atoms with Crippen LogP contribution in [0.4, 0.5) is 0 Å². The van der Waals surface area contributed by atoms with Crippen molar-refractivity contribution in [2.45, 2.75) is 45.1 Å². The van der Waals surface area contributed by atoms with Gasteiger partial charge in [0.15, 0.2) is 0 Å². The Bertz CT molecular complexity index is 581. The molecular weight excluding hydrogens is 252 g/mol. The predicted octanol–water partition coefficient (Wildman–Crippen LogP) is 2.50. The maximum atomic E-state index is 6.16. The second-order valence-electron chi connectivity index (χ2n) is 5.64. The molecule has 5 heteroatoms. The first-order valence-corrected chi connectivity index (χ1v) is 7.23. The predicted molar refractivity (Wildman–Crippen MR) is 75.9 cm³/mol. The minimum atomic E-state index is 0.260. The lowest BCUT2D eigenvalue weighted by Crippen LogP contribution is -2.34. The molecule has 1 saturated carbocycles. The highest BCUT2D eigenvalue weighted by atomic mass is 16.5. The Labute approximate surface area is 118 Å². The standard InChI is InChI=1S/C15H20N4O/c1-10-6-7-17-13(8-10)15-18-14(20-19-15)9-11-4-2-3-5-12(11)16/h6-8,11-12H,2-5,9,16H2,1H3. The summed E-state index contributed by atoms with van der Waals surface area (Å²) < 4.78 is 5.35. The van der Waals surface area contributed by atoms with E-state index in [1.54, 1.807) is 6.20 Å². The number of hydrogen-bond acceptors (Lipinski definition) is 5. The fourth-order valence-corrected chi connectivity index (χ4v) is 2.81. The van der Waals surface area contributed by atoms with Gasteiger partial charge in [0.25, 0.3) is 0 Å². The van der Waals surface area contributed by atoms with Gasteiger partial charge in [-0.25, -0.2) is 0 Å². The minimum absolute atomic E-state index is 0.260. The van der Waals surface area contributed by atoms with E-state index in [1.165, 1.54) is 12.8 Å². The molecule has 2 aromatic heterocycles. The monoisotopic (exact) mass is 272 g/mol. The van der Waals surface area contributed by atoms with Gasteiger partial charge in [0, 0.05) is 18.7 Å². The van der Waals surface area contributed by atoms with Crippen molar-refractivity contribution in [3.63, 3.8) is 0 Å². The lowest BCUT2D eigenvalue weighted by Gasteiger charge is -2.27. The smallest absolute Gasteiger partial charge is 0.227 e. The minimum Gasteiger partial charge on any atom is -0.339 e. The largest absolute Gasteiger partial charge is 0.339 e. The Hall–Kier alpha value is -1.75. The summed E-state index contributed by atoms with van der Waals surface area (Å²) >= 11 is 0. The van der Waals surface area contributed by atoms with Crippen molar-refractivity contribution < 1.29 is 4.52 Å². The number of rotatable bonds is 3. The van der Waals surface area contributed by atoms with Crippen LogP contribution in [0.2, 0.25) is 0 Å². The Kier molecular flexibility index (Phi) is 3.78. The van der Waals surface area contributed by atoms with Crippen molar-refractivity contribution in [3.05, 3.63) is 29.8 Å². The molecule has 2 N–H and O–H groups in total. The molecule has 0 aliphatic heterocycles. The van der Waals surface area contributed by atoms with Crippen molar-refractivity contribution >= 4 is 0 Å². The Balaban J connectivity index is 1.73. The number of nitrogens with two attached hydrogens (primary N) is 1. The van der Waals surface area contributed by atoms with Crippen LogP contribution in [0, 0.1) is 12.8 Å². The zero-order chi connectivity index (χ0) is 13.9. The molecule has 0 spiro atoms. The van der Waals surface area contributed by atoms with Gasteiger partial charge >= 0.3 is 0 Å². The van der Waals surface area contributed by atoms with Gasteiger partial charge in [0.05, 0.1) is 0 Å². The molecule has 0 saturated heterocycles. The van der Waals surface area contributed by atoms with Gasteiger partial charge in [0.2, 0.25) is 11.7 Å². The maximum Gasteiger partial charge on any atom is 0.227 e. The van der Waals surface area contributed by atoms with E-state index in [2.05, 4.69) is 15.1 Å². The normalized spacial score (nSPS) is 22.9. The SMILES string of the molecule is Cc1ccnc(-c2noc(CC3CCCCC3N)n2)c1. The summed E-state index contributed by atoms with van der Waals surface area (Å²) in [5, 5.41) is 4.03. The van der Waals surface area contributed by atoms with Crippen molar-refractivity contribution in [1.29, 1.82) is 0 Å². The van der Waals surface area contributed by atoms with E-state index < -0.39 is 0 Å². The molecule has 1 fully saturated rings. The Morgan fingerprint density at radius 3 is 3.00 bits per heavy atom. The van der Waals surface area contributed by atoms with Gasteiger partial charge in [-0.2, -0.15) is 4.98 Å². The molecule has 2 aromatic rings. The Morgan fingerprint density at radius 2 is 2.20 bits per heavy atom.